The van der Waals surface area contributed by atoms with Gasteiger partial charge in [0.2, 0.25) is 5.89 Å². The van der Waals surface area contributed by atoms with Gasteiger partial charge in [-0.15, -0.1) is 16.9 Å². The van der Waals surface area contributed by atoms with Crippen LogP contribution < -0.4 is 10.1 Å². The summed E-state index contributed by atoms with van der Waals surface area (Å²) in [5.74, 6) is 0.715. The number of aromatic nitrogens is 2. The molecule has 1 heterocycles. The molecule has 1 amide bonds. The van der Waals surface area contributed by atoms with Gasteiger partial charge in [-0.2, -0.15) is 0 Å². The Morgan fingerprint density at radius 3 is 2.67 bits per heavy atom. The van der Waals surface area contributed by atoms with E-state index in [4.69, 9.17) is 9.15 Å². The van der Waals surface area contributed by atoms with Gasteiger partial charge < -0.3 is 9.15 Å². The zero-order chi connectivity index (χ0) is 19.2. The van der Waals surface area contributed by atoms with E-state index in [9.17, 15) is 4.79 Å². The maximum Gasteiger partial charge on any atom is 0.322 e. The number of methoxy groups -OCH3 is 1. The molecule has 7 heteroatoms. The minimum absolute atomic E-state index is 0.0739. The summed E-state index contributed by atoms with van der Waals surface area (Å²) in [4.78, 5) is 13.5. The van der Waals surface area contributed by atoms with Crippen LogP contribution in [0.2, 0.25) is 0 Å². The van der Waals surface area contributed by atoms with Crippen LogP contribution in [0.4, 0.5) is 6.01 Å². The second-order valence-electron chi connectivity index (χ2n) is 6.17. The second kappa shape index (κ2) is 8.73. The number of carbonyl (C=O) groups is 1. The molecule has 0 spiro atoms. The largest absolute Gasteiger partial charge is 0.497 e. The normalized spacial score (nSPS) is 10.8. The van der Waals surface area contributed by atoms with Crippen LogP contribution in [-0.2, 0) is 6.42 Å². The van der Waals surface area contributed by atoms with Gasteiger partial charge >= 0.3 is 6.01 Å². The highest BCUT2D eigenvalue weighted by molar-refractivity contribution is 7.99. The standard InChI is InChI=1S/C20H21N3O3S/c1-13(2)27-17-9-7-14(8-10-17)11-18-22-23-20(26-18)21-19(24)15-5-4-6-16(12-15)25-3/h4-10,12-13H,11H2,1-3H3,(H,21,23,24). The van der Waals surface area contributed by atoms with Crippen LogP contribution in [0.3, 0.4) is 0 Å². The van der Waals surface area contributed by atoms with Crippen LogP contribution in [0.5, 0.6) is 5.75 Å². The summed E-state index contributed by atoms with van der Waals surface area (Å²) in [6, 6.07) is 15.2. The third-order valence-electron chi connectivity index (χ3n) is 3.67. The van der Waals surface area contributed by atoms with Crippen molar-refractivity contribution in [2.45, 2.75) is 30.4 Å². The SMILES string of the molecule is COc1cccc(C(=O)Nc2nnc(Cc3ccc(SC(C)C)cc3)o2)c1. The fourth-order valence-corrected chi connectivity index (χ4v) is 3.28. The van der Waals surface area contributed by atoms with Crippen molar-refractivity contribution in [1.82, 2.24) is 10.2 Å². The maximum absolute atomic E-state index is 12.3. The van der Waals surface area contributed by atoms with Crippen molar-refractivity contribution in [2.75, 3.05) is 12.4 Å². The van der Waals surface area contributed by atoms with E-state index in [0.29, 0.717) is 28.9 Å². The molecule has 27 heavy (non-hydrogen) atoms. The zero-order valence-corrected chi connectivity index (χ0v) is 16.2. The monoisotopic (exact) mass is 383 g/mol. The van der Waals surface area contributed by atoms with Crippen LogP contribution >= 0.6 is 11.8 Å². The van der Waals surface area contributed by atoms with E-state index in [1.807, 2.05) is 23.9 Å². The summed E-state index contributed by atoms with van der Waals surface area (Å²) in [6.07, 6.45) is 0.509. The Hall–Kier alpha value is -2.80. The van der Waals surface area contributed by atoms with Gasteiger partial charge in [-0.05, 0) is 35.9 Å². The first-order valence-electron chi connectivity index (χ1n) is 8.57. The molecule has 0 aliphatic heterocycles. The maximum atomic E-state index is 12.3. The van der Waals surface area contributed by atoms with Gasteiger partial charge in [-0.3, -0.25) is 10.1 Å². The molecule has 0 fully saturated rings. The molecule has 0 saturated heterocycles. The fourth-order valence-electron chi connectivity index (χ4n) is 2.44. The van der Waals surface area contributed by atoms with Gasteiger partial charge in [0.05, 0.1) is 13.5 Å². The predicted octanol–water partition coefficient (Wildman–Crippen LogP) is 4.42. The van der Waals surface area contributed by atoms with Crippen molar-refractivity contribution in [3.63, 3.8) is 0 Å². The van der Waals surface area contributed by atoms with E-state index in [1.165, 1.54) is 4.90 Å². The topological polar surface area (TPSA) is 77.2 Å². The Balaban J connectivity index is 1.61. The zero-order valence-electron chi connectivity index (χ0n) is 15.4. The van der Waals surface area contributed by atoms with Gasteiger partial charge in [-0.1, -0.05) is 37.1 Å². The van der Waals surface area contributed by atoms with Crippen LogP contribution in [-0.4, -0.2) is 28.5 Å². The number of rotatable bonds is 7. The smallest absolute Gasteiger partial charge is 0.322 e. The van der Waals surface area contributed by atoms with Gasteiger partial charge in [0.25, 0.3) is 5.91 Å². The quantitative estimate of drug-likeness (QED) is 0.609. The number of hydrogen-bond acceptors (Lipinski definition) is 6. The molecule has 1 N–H and O–H groups in total. The molecule has 0 bridgehead atoms. The number of hydrogen-bond donors (Lipinski definition) is 1. The number of amides is 1. The number of ether oxygens (including phenoxy) is 1. The highest BCUT2D eigenvalue weighted by Gasteiger charge is 2.13. The molecule has 0 unspecified atom stereocenters. The highest BCUT2D eigenvalue weighted by Crippen LogP contribution is 2.23. The molecule has 3 aromatic rings. The van der Waals surface area contributed by atoms with Crippen LogP contribution in [0, 0.1) is 0 Å². The Morgan fingerprint density at radius 2 is 1.96 bits per heavy atom. The van der Waals surface area contributed by atoms with Crippen molar-refractivity contribution in [3.05, 3.63) is 65.5 Å². The molecule has 6 nitrogen and oxygen atoms in total. The Kier molecular flexibility index (Phi) is 6.13. The number of thioether (sulfide) groups is 1. The summed E-state index contributed by atoms with van der Waals surface area (Å²) in [5.41, 5.74) is 1.52. The van der Waals surface area contributed by atoms with Crippen molar-refractivity contribution >= 4 is 23.7 Å². The van der Waals surface area contributed by atoms with E-state index in [-0.39, 0.29) is 11.9 Å². The van der Waals surface area contributed by atoms with Gasteiger partial charge in [0.15, 0.2) is 0 Å². The lowest BCUT2D eigenvalue weighted by Gasteiger charge is -2.05. The molecule has 0 saturated carbocycles. The molecule has 0 radical (unpaired) electrons. The lowest BCUT2D eigenvalue weighted by Crippen LogP contribution is -2.12. The van der Waals surface area contributed by atoms with Gasteiger partial charge in [0, 0.05) is 15.7 Å². The average molecular weight is 383 g/mol. The predicted molar refractivity (Wildman–Crippen MR) is 105 cm³/mol. The molecular formula is C20H21N3O3S. The molecule has 3 rings (SSSR count). The van der Waals surface area contributed by atoms with Crippen molar-refractivity contribution in [3.8, 4) is 5.75 Å². The van der Waals surface area contributed by atoms with E-state index in [0.717, 1.165) is 5.56 Å². The summed E-state index contributed by atoms with van der Waals surface area (Å²) in [7, 11) is 1.55. The molecule has 140 valence electrons. The lowest BCUT2D eigenvalue weighted by atomic mass is 10.1. The summed E-state index contributed by atoms with van der Waals surface area (Å²) in [5, 5.41) is 11.0. The third-order valence-corrected chi connectivity index (χ3v) is 4.69. The Morgan fingerprint density at radius 1 is 1.19 bits per heavy atom. The molecule has 2 aromatic carbocycles. The molecular weight excluding hydrogens is 362 g/mol. The van der Waals surface area contributed by atoms with Crippen LogP contribution in [0.1, 0.15) is 35.7 Å². The van der Waals surface area contributed by atoms with E-state index >= 15 is 0 Å². The summed E-state index contributed by atoms with van der Waals surface area (Å²) < 4.78 is 10.7. The van der Waals surface area contributed by atoms with Crippen molar-refractivity contribution in [2.24, 2.45) is 0 Å². The molecule has 0 aliphatic carbocycles. The van der Waals surface area contributed by atoms with Crippen molar-refractivity contribution < 1.29 is 13.9 Å². The minimum atomic E-state index is -0.334. The first-order valence-corrected chi connectivity index (χ1v) is 9.45. The van der Waals surface area contributed by atoms with E-state index < -0.39 is 0 Å². The third kappa shape index (κ3) is 5.34. The van der Waals surface area contributed by atoms with E-state index in [2.05, 4.69) is 41.5 Å². The summed E-state index contributed by atoms with van der Waals surface area (Å²) >= 11 is 1.82. The summed E-state index contributed by atoms with van der Waals surface area (Å²) in [6.45, 7) is 4.33. The first-order chi connectivity index (χ1) is 13.0. The van der Waals surface area contributed by atoms with Gasteiger partial charge in [-0.25, -0.2) is 0 Å². The fraction of sp³-hybridized carbons (Fsp3) is 0.250. The molecule has 0 atom stereocenters. The number of nitrogens with one attached hydrogen (secondary N) is 1. The van der Waals surface area contributed by atoms with Crippen LogP contribution in [0.15, 0.2) is 57.8 Å². The lowest BCUT2D eigenvalue weighted by molar-refractivity contribution is 0.102. The van der Waals surface area contributed by atoms with Crippen molar-refractivity contribution in [1.29, 1.82) is 0 Å². The number of benzene rings is 2. The number of carbonyl (C=O) groups excluding carboxylic acids is 1. The minimum Gasteiger partial charge on any atom is -0.497 e. The Labute approximate surface area is 162 Å². The number of nitrogens with zero attached hydrogens (tertiary/aromatic N) is 2. The average Bonchev–Trinajstić information content (AvgIpc) is 3.09. The van der Waals surface area contributed by atoms with Gasteiger partial charge in [0.1, 0.15) is 5.75 Å². The van der Waals surface area contributed by atoms with Crippen LogP contribution in [0.25, 0.3) is 0 Å². The first kappa shape index (κ1) is 19.0. The molecule has 1 aromatic heterocycles. The highest BCUT2D eigenvalue weighted by atomic mass is 32.2. The number of anilines is 1. The molecule has 0 aliphatic rings. The second-order valence-corrected chi connectivity index (χ2v) is 7.82. The van der Waals surface area contributed by atoms with E-state index in [1.54, 1.807) is 31.4 Å². The Bertz CT molecular complexity index is 907.